The molecule has 0 aliphatic carbocycles. The van der Waals surface area contributed by atoms with Gasteiger partial charge in [0, 0.05) is 14.4 Å². The molecule has 1 N–H and O–H groups in total. The number of nitrogens with one attached hydrogen (secondary N) is 1. The number of hydrogen-bond donors (Lipinski definition) is 1. The van der Waals surface area contributed by atoms with Crippen molar-refractivity contribution in [2.75, 3.05) is 5.75 Å². The molecule has 160 valence electrons. The topological polar surface area (TPSA) is 50.7 Å². The third-order valence-corrected chi connectivity index (χ3v) is 7.30. The summed E-state index contributed by atoms with van der Waals surface area (Å²) < 4.78 is 9.02. The number of ether oxygens (including phenoxy) is 1. The van der Waals surface area contributed by atoms with Gasteiger partial charge in [-0.3, -0.25) is 4.79 Å². The SMILES string of the molecule is O=C(CSc1ccc(Cl)cc1)N/N=C\c1cc(I)c(OCc2ccc(Br)cc2)c(I)c1. The van der Waals surface area contributed by atoms with E-state index in [1.54, 1.807) is 18.3 Å². The van der Waals surface area contributed by atoms with Gasteiger partial charge in [-0.05, 0) is 105 Å². The van der Waals surface area contributed by atoms with Gasteiger partial charge in [0.15, 0.2) is 0 Å². The minimum Gasteiger partial charge on any atom is -0.487 e. The zero-order valence-electron chi connectivity index (χ0n) is 15.9. The number of rotatable bonds is 8. The van der Waals surface area contributed by atoms with Crippen LogP contribution < -0.4 is 10.2 Å². The highest BCUT2D eigenvalue weighted by atomic mass is 127. The monoisotopic (exact) mass is 740 g/mol. The summed E-state index contributed by atoms with van der Waals surface area (Å²) in [7, 11) is 0. The van der Waals surface area contributed by atoms with Crippen LogP contribution in [0.5, 0.6) is 5.75 Å². The Morgan fingerprint density at radius 1 is 1.10 bits per heavy atom. The van der Waals surface area contributed by atoms with Gasteiger partial charge in [-0.15, -0.1) is 11.8 Å². The lowest BCUT2D eigenvalue weighted by Gasteiger charge is -2.11. The Hall–Kier alpha value is -0.820. The second kappa shape index (κ2) is 12.4. The van der Waals surface area contributed by atoms with Crippen LogP contribution in [0.2, 0.25) is 5.02 Å². The highest BCUT2D eigenvalue weighted by molar-refractivity contribution is 14.1. The fraction of sp³-hybridized carbons (Fsp3) is 0.0909. The van der Waals surface area contributed by atoms with Crippen LogP contribution in [-0.4, -0.2) is 17.9 Å². The Labute approximate surface area is 226 Å². The lowest BCUT2D eigenvalue weighted by Crippen LogP contribution is -2.19. The average molecular weight is 742 g/mol. The van der Waals surface area contributed by atoms with Gasteiger partial charge in [0.05, 0.1) is 19.1 Å². The summed E-state index contributed by atoms with van der Waals surface area (Å²) in [4.78, 5) is 13.0. The second-order valence-electron chi connectivity index (χ2n) is 6.26. The van der Waals surface area contributed by atoms with E-state index in [0.717, 1.165) is 33.4 Å². The Morgan fingerprint density at radius 3 is 2.39 bits per heavy atom. The largest absolute Gasteiger partial charge is 0.487 e. The van der Waals surface area contributed by atoms with E-state index in [-0.39, 0.29) is 11.7 Å². The normalized spacial score (nSPS) is 11.0. The molecule has 9 heteroatoms. The Kier molecular flexibility index (Phi) is 9.95. The van der Waals surface area contributed by atoms with Crippen LogP contribution in [0.25, 0.3) is 0 Å². The van der Waals surface area contributed by atoms with Crippen molar-refractivity contribution in [3.05, 3.63) is 88.4 Å². The highest BCUT2D eigenvalue weighted by Crippen LogP contribution is 2.29. The first kappa shape index (κ1) is 24.8. The maximum absolute atomic E-state index is 12.0. The number of amides is 1. The van der Waals surface area contributed by atoms with E-state index in [1.807, 2.05) is 48.5 Å². The number of carbonyl (C=O) groups is 1. The minimum atomic E-state index is -0.171. The molecule has 0 aliphatic heterocycles. The van der Waals surface area contributed by atoms with E-state index in [9.17, 15) is 4.79 Å². The Morgan fingerprint density at radius 2 is 1.74 bits per heavy atom. The van der Waals surface area contributed by atoms with Crippen molar-refractivity contribution >= 4 is 96.6 Å². The van der Waals surface area contributed by atoms with Gasteiger partial charge in [0.25, 0.3) is 0 Å². The molecule has 1 amide bonds. The molecule has 0 bridgehead atoms. The van der Waals surface area contributed by atoms with Gasteiger partial charge in [0.2, 0.25) is 5.91 Å². The van der Waals surface area contributed by atoms with E-state index in [4.69, 9.17) is 16.3 Å². The van der Waals surface area contributed by atoms with Crippen molar-refractivity contribution in [2.45, 2.75) is 11.5 Å². The molecule has 3 rings (SSSR count). The molecule has 0 atom stereocenters. The van der Waals surface area contributed by atoms with Crippen LogP contribution in [0.4, 0.5) is 0 Å². The number of thioether (sulfide) groups is 1. The maximum Gasteiger partial charge on any atom is 0.250 e. The number of carbonyl (C=O) groups excluding carboxylic acids is 1. The van der Waals surface area contributed by atoms with Crippen molar-refractivity contribution in [2.24, 2.45) is 5.10 Å². The number of nitrogens with zero attached hydrogens (tertiary/aromatic N) is 1. The maximum atomic E-state index is 12.0. The molecule has 3 aromatic rings. The zero-order chi connectivity index (χ0) is 22.2. The molecule has 0 saturated heterocycles. The first-order valence-electron chi connectivity index (χ1n) is 8.97. The zero-order valence-corrected chi connectivity index (χ0v) is 23.4. The van der Waals surface area contributed by atoms with E-state index in [1.165, 1.54) is 11.8 Å². The van der Waals surface area contributed by atoms with Gasteiger partial charge in [-0.25, -0.2) is 5.43 Å². The molecule has 0 spiro atoms. The summed E-state index contributed by atoms with van der Waals surface area (Å²) in [5, 5.41) is 4.74. The molecule has 0 heterocycles. The first-order valence-corrected chi connectivity index (χ1v) is 13.3. The molecule has 0 radical (unpaired) electrons. The summed E-state index contributed by atoms with van der Waals surface area (Å²) in [6.07, 6.45) is 1.63. The van der Waals surface area contributed by atoms with Crippen molar-refractivity contribution in [3.63, 3.8) is 0 Å². The van der Waals surface area contributed by atoms with Gasteiger partial charge < -0.3 is 4.74 Å². The molecule has 31 heavy (non-hydrogen) atoms. The highest BCUT2D eigenvalue weighted by Gasteiger charge is 2.09. The van der Waals surface area contributed by atoms with Crippen LogP contribution in [0, 0.1) is 7.14 Å². The van der Waals surface area contributed by atoms with Crippen LogP contribution in [0.1, 0.15) is 11.1 Å². The molecule has 0 fully saturated rings. The molecule has 0 aromatic heterocycles. The van der Waals surface area contributed by atoms with Crippen LogP contribution in [0.15, 0.2) is 75.1 Å². The van der Waals surface area contributed by atoms with E-state index < -0.39 is 0 Å². The second-order valence-corrected chi connectivity index (χ2v) is 11.0. The number of hydrogen-bond acceptors (Lipinski definition) is 4. The average Bonchev–Trinajstić information content (AvgIpc) is 2.74. The third-order valence-electron chi connectivity index (χ3n) is 3.90. The smallest absolute Gasteiger partial charge is 0.250 e. The van der Waals surface area contributed by atoms with Crippen LogP contribution >= 0.6 is 84.5 Å². The fourth-order valence-electron chi connectivity index (χ4n) is 2.42. The van der Waals surface area contributed by atoms with E-state index >= 15 is 0 Å². The molecule has 4 nitrogen and oxygen atoms in total. The number of halogens is 4. The predicted molar refractivity (Wildman–Crippen MR) is 148 cm³/mol. The third kappa shape index (κ3) is 8.23. The van der Waals surface area contributed by atoms with E-state index in [2.05, 4.69) is 71.6 Å². The summed E-state index contributed by atoms with van der Waals surface area (Å²) in [6, 6.07) is 19.4. The summed E-state index contributed by atoms with van der Waals surface area (Å²) in [5.41, 5.74) is 4.54. The molecular weight excluding hydrogens is 725 g/mol. The molecular formula is C22H16BrClI2N2O2S. The van der Waals surface area contributed by atoms with Gasteiger partial charge >= 0.3 is 0 Å². The van der Waals surface area contributed by atoms with Gasteiger partial charge in [-0.1, -0.05) is 39.7 Å². The molecule has 0 aliphatic rings. The Bertz CT molecular complexity index is 1060. The van der Waals surface area contributed by atoms with Crippen molar-refractivity contribution in [1.29, 1.82) is 0 Å². The number of benzene rings is 3. The van der Waals surface area contributed by atoms with Gasteiger partial charge in [0.1, 0.15) is 12.4 Å². The van der Waals surface area contributed by atoms with Crippen molar-refractivity contribution < 1.29 is 9.53 Å². The van der Waals surface area contributed by atoms with Crippen molar-refractivity contribution in [3.8, 4) is 5.75 Å². The molecule has 0 saturated carbocycles. The number of hydrazone groups is 1. The van der Waals surface area contributed by atoms with Crippen LogP contribution in [0.3, 0.4) is 0 Å². The van der Waals surface area contributed by atoms with Crippen molar-refractivity contribution in [1.82, 2.24) is 5.43 Å². The lowest BCUT2D eigenvalue weighted by atomic mass is 10.2. The lowest BCUT2D eigenvalue weighted by molar-refractivity contribution is -0.118. The fourth-order valence-corrected chi connectivity index (χ4v) is 5.63. The summed E-state index contributed by atoms with van der Waals surface area (Å²) in [6.45, 7) is 0.494. The quantitative estimate of drug-likeness (QED) is 0.116. The molecule has 0 unspecified atom stereocenters. The van der Waals surface area contributed by atoms with Gasteiger partial charge in [-0.2, -0.15) is 5.10 Å². The Balaban J connectivity index is 1.52. The first-order chi connectivity index (χ1) is 14.9. The van der Waals surface area contributed by atoms with Crippen LogP contribution in [-0.2, 0) is 11.4 Å². The van der Waals surface area contributed by atoms with E-state index in [0.29, 0.717) is 11.6 Å². The molecule has 3 aromatic carbocycles. The summed E-state index contributed by atoms with van der Waals surface area (Å²) >= 11 is 15.2. The standard InChI is InChI=1S/C22H16BrClI2N2O2S/c23-16-3-1-14(2-4-16)12-30-22-19(25)9-15(10-20(22)26)11-27-28-21(29)13-31-18-7-5-17(24)6-8-18/h1-11H,12-13H2,(H,28,29)/b27-11-. The predicted octanol–water partition coefficient (Wildman–Crippen LogP) is 7.13. The summed E-state index contributed by atoms with van der Waals surface area (Å²) in [5.74, 6) is 0.941. The minimum absolute atomic E-state index is 0.171.